The number of halogens is 1. The van der Waals surface area contributed by atoms with Crippen LogP contribution in [0.4, 0.5) is 5.69 Å². The molecule has 1 fully saturated rings. The molecule has 0 aliphatic carbocycles. The quantitative estimate of drug-likeness (QED) is 0.889. The highest BCUT2D eigenvalue weighted by Gasteiger charge is 2.29. The average molecular weight is 269 g/mol. The van der Waals surface area contributed by atoms with E-state index in [-0.39, 0.29) is 5.91 Å². The van der Waals surface area contributed by atoms with Crippen LogP contribution in [0.3, 0.4) is 0 Å². The molecule has 4 heteroatoms. The number of hydrogen-bond acceptors (Lipinski definition) is 2. The van der Waals surface area contributed by atoms with Crippen molar-refractivity contribution >= 4 is 27.5 Å². The first-order valence-electron chi connectivity index (χ1n) is 4.96. The molecule has 1 unspecified atom stereocenters. The Labute approximate surface area is 97.4 Å². The minimum Gasteiger partial charge on any atom is -0.330 e. The number of carbonyl (C=O) groups excluding carboxylic acids is 1. The van der Waals surface area contributed by atoms with Crippen molar-refractivity contribution in [3.8, 4) is 0 Å². The zero-order chi connectivity index (χ0) is 10.8. The Balaban J connectivity index is 2.18. The molecule has 1 saturated heterocycles. The molecule has 80 valence electrons. The number of carbonyl (C=O) groups is 1. The summed E-state index contributed by atoms with van der Waals surface area (Å²) in [7, 11) is 0. The van der Waals surface area contributed by atoms with Crippen molar-refractivity contribution in [2.45, 2.75) is 6.42 Å². The largest absolute Gasteiger partial charge is 0.330 e. The zero-order valence-corrected chi connectivity index (χ0v) is 9.90. The van der Waals surface area contributed by atoms with Gasteiger partial charge in [0.25, 0.3) is 0 Å². The van der Waals surface area contributed by atoms with Gasteiger partial charge in [-0.1, -0.05) is 15.9 Å². The first-order valence-corrected chi connectivity index (χ1v) is 5.76. The third kappa shape index (κ3) is 2.21. The molecule has 1 aliphatic rings. The maximum absolute atomic E-state index is 11.7. The molecule has 1 amide bonds. The van der Waals surface area contributed by atoms with Crippen LogP contribution < -0.4 is 10.6 Å². The third-order valence-corrected chi connectivity index (χ3v) is 3.21. The normalized spacial score (nSPS) is 21.1. The molecule has 0 spiro atoms. The van der Waals surface area contributed by atoms with Gasteiger partial charge in [-0.3, -0.25) is 4.79 Å². The number of anilines is 1. The van der Waals surface area contributed by atoms with E-state index in [1.807, 2.05) is 29.2 Å². The van der Waals surface area contributed by atoms with Gasteiger partial charge in [-0.05, 0) is 36.7 Å². The molecule has 0 bridgehead atoms. The molecule has 3 nitrogen and oxygen atoms in total. The summed E-state index contributed by atoms with van der Waals surface area (Å²) in [5, 5.41) is 0. The van der Waals surface area contributed by atoms with Gasteiger partial charge in [0.05, 0.1) is 0 Å². The van der Waals surface area contributed by atoms with Crippen molar-refractivity contribution in [1.82, 2.24) is 0 Å². The van der Waals surface area contributed by atoms with Gasteiger partial charge in [0.1, 0.15) is 0 Å². The molecule has 15 heavy (non-hydrogen) atoms. The predicted molar refractivity (Wildman–Crippen MR) is 63.7 cm³/mol. The third-order valence-electron chi connectivity index (χ3n) is 2.68. The molecule has 0 saturated carbocycles. The SMILES string of the molecule is NCC1CC(=O)N(c2ccc(Br)cc2)C1. The summed E-state index contributed by atoms with van der Waals surface area (Å²) in [5.74, 6) is 0.480. The molecule has 1 aliphatic heterocycles. The van der Waals surface area contributed by atoms with Crippen LogP contribution >= 0.6 is 15.9 Å². The Morgan fingerprint density at radius 3 is 2.60 bits per heavy atom. The van der Waals surface area contributed by atoms with Crippen LogP contribution in [0.2, 0.25) is 0 Å². The minimum atomic E-state index is 0.174. The van der Waals surface area contributed by atoms with Crippen molar-refractivity contribution in [3.63, 3.8) is 0 Å². The van der Waals surface area contributed by atoms with Crippen LogP contribution in [0.1, 0.15) is 6.42 Å². The second-order valence-electron chi connectivity index (χ2n) is 3.79. The number of hydrogen-bond donors (Lipinski definition) is 1. The first-order chi connectivity index (χ1) is 7.20. The van der Waals surface area contributed by atoms with E-state index in [4.69, 9.17) is 5.73 Å². The van der Waals surface area contributed by atoms with Gasteiger partial charge in [0, 0.05) is 23.1 Å². The van der Waals surface area contributed by atoms with Gasteiger partial charge in [-0.2, -0.15) is 0 Å². The summed E-state index contributed by atoms with van der Waals surface area (Å²) in [6.45, 7) is 1.33. The molecule has 1 aromatic rings. The van der Waals surface area contributed by atoms with Crippen molar-refractivity contribution in [2.75, 3.05) is 18.0 Å². The number of nitrogens with two attached hydrogens (primary N) is 1. The monoisotopic (exact) mass is 268 g/mol. The average Bonchev–Trinajstić information content (AvgIpc) is 2.61. The standard InChI is InChI=1S/C11H13BrN2O/c12-9-1-3-10(4-2-9)14-7-8(6-13)5-11(14)15/h1-4,8H,5-7,13H2. The minimum absolute atomic E-state index is 0.174. The van der Waals surface area contributed by atoms with Gasteiger partial charge in [-0.15, -0.1) is 0 Å². The van der Waals surface area contributed by atoms with Crippen molar-refractivity contribution in [3.05, 3.63) is 28.7 Å². The van der Waals surface area contributed by atoms with E-state index in [9.17, 15) is 4.79 Å². The predicted octanol–water partition coefficient (Wildman–Crippen LogP) is 1.76. The second kappa shape index (κ2) is 4.33. The first kappa shape index (κ1) is 10.6. The molecular formula is C11H13BrN2O. The highest BCUT2D eigenvalue weighted by molar-refractivity contribution is 9.10. The molecule has 1 atom stereocenters. The summed E-state index contributed by atoms with van der Waals surface area (Å²) < 4.78 is 1.02. The number of rotatable bonds is 2. The summed E-state index contributed by atoms with van der Waals surface area (Å²) in [6, 6.07) is 7.78. The van der Waals surface area contributed by atoms with Crippen LogP contribution in [-0.2, 0) is 4.79 Å². The highest BCUT2D eigenvalue weighted by Crippen LogP contribution is 2.25. The second-order valence-corrected chi connectivity index (χ2v) is 4.70. The summed E-state index contributed by atoms with van der Waals surface area (Å²) in [6.07, 6.45) is 0.576. The summed E-state index contributed by atoms with van der Waals surface area (Å²) >= 11 is 3.37. The molecule has 0 aromatic heterocycles. The van der Waals surface area contributed by atoms with Gasteiger partial charge >= 0.3 is 0 Å². The maximum atomic E-state index is 11.7. The van der Waals surface area contributed by atoms with E-state index in [1.165, 1.54) is 0 Å². The van der Waals surface area contributed by atoms with Crippen molar-refractivity contribution in [1.29, 1.82) is 0 Å². The molecule has 0 radical (unpaired) electrons. The van der Waals surface area contributed by atoms with Crippen LogP contribution in [-0.4, -0.2) is 19.0 Å². The lowest BCUT2D eigenvalue weighted by atomic mass is 10.1. The van der Waals surface area contributed by atoms with Crippen LogP contribution in [0.15, 0.2) is 28.7 Å². The van der Waals surface area contributed by atoms with E-state index in [0.717, 1.165) is 16.7 Å². The van der Waals surface area contributed by atoms with Crippen molar-refractivity contribution < 1.29 is 4.79 Å². The lowest BCUT2D eigenvalue weighted by Gasteiger charge is -2.16. The maximum Gasteiger partial charge on any atom is 0.227 e. The Hall–Kier alpha value is -0.870. The van der Waals surface area contributed by atoms with Gasteiger partial charge < -0.3 is 10.6 Å². The molecule has 2 rings (SSSR count). The fourth-order valence-corrected chi connectivity index (χ4v) is 2.07. The highest BCUT2D eigenvalue weighted by atomic mass is 79.9. The molecule has 1 heterocycles. The molecule has 1 aromatic carbocycles. The Morgan fingerprint density at radius 2 is 2.07 bits per heavy atom. The fourth-order valence-electron chi connectivity index (χ4n) is 1.81. The number of amides is 1. The van der Waals surface area contributed by atoms with E-state index < -0.39 is 0 Å². The lowest BCUT2D eigenvalue weighted by Crippen LogP contribution is -2.25. The van der Waals surface area contributed by atoms with Crippen LogP contribution in [0.5, 0.6) is 0 Å². The van der Waals surface area contributed by atoms with Crippen molar-refractivity contribution in [2.24, 2.45) is 11.7 Å². The van der Waals surface area contributed by atoms with E-state index in [2.05, 4.69) is 15.9 Å². The topological polar surface area (TPSA) is 46.3 Å². The van der Waals surface area contributed by atoms with E-state index >= 15 is 0 Å². The smallest absolute Gasteiger partial charge is 0.227 e. The van der Waals surface area contributed by atoms with Gasteiger partial charge in [-0.25, -0.2) is 0 Å². The molecule has 2 N–H and O–H groups in total. The number of nitrogens with zero attached hydrogens (tertiary/aromatic N) is 1. The lowest BCUT2D eigenvalue weighted by molar-refractivity contribution is -0.117. The van der Waals surface area contributed by atoms with Crippen LogP contribution in [0.25, 0.3) is 0 Å². The Bertz CT molecular complexity index is 363. The molecular weight excluding hydrogens is 256 g/mol. The summed E-state index contributed by atoms with van der Waals surface area (Å²) in [4.78, 5) is 13.5. The van der Waals surface area contributed by atoms with E-state index in [0.29, 0.717) is 18.9 Å². The fraction of sp³-hybridized carbons (Fsp3) is 0.364. The van der Waals surface area contributed by atoms with Gasteiger partial charge in [0.2, 0.25) is 5.91 Å². The zero-order valence-electron chi connectivity index (χ0n) is 8.32. The number of benzene rings is 1. The summed E-state index contributed by atoms with van der Waals surface area (Å²) in [5.41, 5.74) is 6.53. The Kier molecular flexibility index (Phi) is 3.07. The van der Waals surface area contributed by atoms with Gasteiger partial charge in [0.15, 0.2) is 0 Å². The van der Waals surface area contributed by atoms with Crippen LogP contribution in [0, 0.1) is 5.92 Å². The van der Waals surface area contributed by atoms with E-state index in [1.54, 1.807) is 0 Å². The Morgan fingerprint density at radius 1 is 1.40 bits per heavy atom.